The van der Waals surface area contributed by atoms with Gasteiger partial charge in [-0.25, -0.2) is 0 Å². The lowest BCUT2D eigenvalue weighted by Crippen LogP contribution is -2.39. The summed E-state index contributed by atoms with van der Waals surface area (Å²) in [6.07, 6.45) is 0.0335. The molecular formula is C18H25Cl2NO5. The average molecular weight is 406 g/mol. The predicted molar refractivity (Wildman–Crippen MR) is 100 cm³/mol. The van der Waals surface area contributed by atoms with Gasteiger partial charge in [-0.1, -0.05) is 13.8 Å². The first kappa shape index (κ1) is 22.5. The van der Waals surface area contributed by atoms with E-state index in [0.717, 1.165) is 0 Å². The fourth-order valence-electron chi connectivity index (χ4n) is 3.10. The van der Waals surface area contributed by atoms with Crippen molar-refractivity contribution in [2.75, 3.05) is 39.1 Å². The Bertz CT molecular complexity index is 646. The third-order valence-electron chi connectivity index (χ3n) is 4.30. The fourth-order valence-corrected chi connectivity index (χ4v) is 3.51. The van der Waals surface area contributed by atoms with Crippen LogP contribution in [0.2, 0.25) is 0 Å². The van der Waals surface area contributed by atoms with Crippen molar-refractivity contribution in [2.24, 2.45) is 5.41 Å². The number of carbonyl (C=O) groups is 3. The summed E-state index contributed by atoms with van der Waals surface area (Å²) in [5.74, 6) is -0.731. The van der Waals surface area contributed by atoms with Crippen LogP contribution in [0.15, 0.2) is 22.7 Å². The molecule has 0 aliphatic heterocycles. The number of methoxy groups -OCH3 is 2. The van der Waals surface area contributed by atoms with E-state index in [4.69, 9.17) is 32.7 Å². The van der Waals surface area contributed by atoms with Crippen LogP contribution in [0.1, 0.15) is 27.2 Å². The number of ether oxygens (including phenoxy) is 2. The largest absolute Gasteiger partial charge is 0.489 e. The zero-order chi connectivity index (χ0) is 20.1. The molecule has 0 aromatic carbocycles. The maximum absolute atomic E-state index is 12.9. The number of ketones is 2. The average Bonchev–Trinajstić information content (AvgIpc) is 2.56. The van der Waals surface area contributed by atoms with Crippen molar-refractivity contribution in [1.82, 2.24) is 4.90 Å². The minimum atomic E-state index is -0.881. The number of amides is 1. The van der Waals surface area contributed by atoms with Crippen molar-refractivity contribution < 1.29 is 23.9 Å². The highest BCUT2D eigenvalue weighted by atomic mass is 35.5. The molecular weight excluding hydrogens is 381 g/mol. The first-order valence-corrected chi connectivity index (χ1v) is 9.25. The van der Waals surface area contributed by atoms with Crippen molar-refractivity contribution in [3.63, 3.8) is 0 Å². The van der Waals surface area contributed by atoms with Gasteiger partial charge in [-0.15, -0.1) is 23.2 Å². The van der Waals surface area contributed by atoms with Crippen molar-refractivity contribution in [2.45, 2.75) is 27.2 Å². The topological polar surface area (TPSA) is 72.9 Å². The summed E-state index contributed by atoms with van der Waals surface area (Å²) in [5, 5.41) is 0. The van der Waals surface area contributed by atoms with Crippen LogP contribution >= 0.6 is 23.2 Å². The van der Waals surface area contributed by atoms with E-state index in [1.165, 1.54) is 14.2 Å². The number of hydrogen-bond acceptors (Lipinski definition) is 5. The molecule has 0 saturated heterocycles. The van der Waals surface area contributed by atoms with Crippen molar-refractivity contribution >= 4 is 40.7 Å². The maximum atomic E-state index is 12.9. The Hall–Kier alpha value is -1.53. The molecule has 0 bridgehead atoms. The van der Waals surface area contributed by atoms with Gasteiger partial charge in [0.1, 0.15) is 0 Å². The zero-order valence-electron chi connectivity index (χ0n) is 15.8. The second-order valence-electron chi connectivity index (χ2n) is 6.54. The Morgan fingerprint density at radius 1 is 1.00 bits per heavy atom. The summed E-state index contributed by atoms with van der Waals surface area (Å²) < 4.78 is 10.1. The number of allylic oxidation sites excluding steroid dienone is 2. The Kier molecular flexibility index (Phi) is 8.15. The van der Waals surface area contributed by atoms with Crippen molar-refractivity contribution in [3.8, 4) is 0 Å². The molecule has 0 spiro atoms. The molecule has 0 saturated carbocycles. The minimum absolute atomic E-state index is 0.0335. The highest BCUT2D eigenvalue weighted by Crippen LogP contribution is 2.39. The smallest absolute Gasteiger partial charge is 0.228 e. The van der Waals surface area contributed by atoms with Gasteiger partial charge in [0.2, 0.25) is 29.0 Å². The number of hydrogen-bond donors (Lipinski definition) is 0. The minimum Gasteiger partial charge on any atom is -0.489 e. The summed E-state index contributed by atoms with van der Waals surface area (Å²) in [5.41, 5.74) is -0.370. The molecule has 8 heteroatoms. The Morgan fingerprint density at radius 2 is 1.46 bits per heavy atom. The maximum Gasteiger partial charge on any atom is 0.228 e. The quantitative estimate of drug-likeness (QED) is 0.435. The van der Waals surface area contributed by atoms with Gasteiger partial charge < -0.3 is 14.4 Å². The van der Waals surface area contributed by atoms with Gasteiger partial charge in [-0.2, -0.15) is 0 Å². The lowest BCUT2D eigenvalue weighted by molar-refractivity contribution is -0.132. The number of halogens is 2. The molecule has 0 atom stereocenters. The van der Waals surface area contributed by atoms with Crippen molar-refractivity contribution in [3.05, 3.63) is 22.7 Å². The highest BCUT2D eigenvalue weighted by molar-refractivity contribution is 6.24. The molecule has 1 aliphatic carbocycles. The second kappa shape index (κ2) is 9.42. The number of carbonyl (C=O) groups excluding carboxylic acids is 3. The number of Topliss-reactive ketones (excluding diaryl/α,β-unsaturated/α-hetero) is 2. The lowest BCUT2D eigenvalue weighted by Gasteiger charge is -2.33. The van der Waals surface area contributed by atoms with Gasteiger partial charge >= 0.3 is 0 Å². The van der Waals surface area contributed by atoms with Crippen LogP contribution < -0.4 is 0 Å². The molecule has 0 aromatic rings. The van der Waals surface area contributed by atoms with Crippen LogP contribution in [0.25, 0.3) is 0 Å². The Morgan fingerprint density at radius 3 is 1.88 bits per heavy atom. The predicted octanol–water partition coefficient (Wildman–Crippen LogP) is 2.68. The SMILES string of the molecule is COC1=C(OC)C(=O)C(C(C)(C)CC(=O)N(CCCl)CCCl)=C(C)C1=O. The Labute approximate surface area is 164 Å². The van der Waals surface area contributed by atoms with Crippen LogP contribution in [0, 0.1) is 5.41 Å². The highest BCUT2D eigenvalue weighted by Gasteiger charge is 2.42. The van der Waals surface area contributed by atoms with Crippen LogP contribution in [0.4, 0.5) is 0 Å². The number of rotatable bonds is 9. The summed E-state index contributed by atoms with van der Waals surface area (Å²) >= 11 is 11.5. The van der Waals surface area contributed by atoms with Crippen LogP contribution in [-0.2, 0) is 23.9 Å². The molecule has 26 heavy (non-hydrogen) atoms. The van der Waals surface area contributed by atoms with Gasteiger partial charge in [0.25, 0.3) is 0 Å². The number of alkyl halides is 2. The monoisotopic (exact) mass is 405 g/mol. The first-order valence-electron chi connectivity index (χ1n) is 8.18. The molecule has 0 radical (unpaired) electrons. The molecule has 0 aromatic heterocycles. The first-order chi connectivity index (χ1) is 12.2. The Balaban J connectivity index is 3.22. The van der Waals surface area contributed by atoms with E-state index in [0.29, 0.717) is 13.1 Å². The molecule has 6 nitrogen and oxygen atoms in total. The lowest BCUT2D eigenvalue weighted by atomic mass is 9.73. The van der Waals surface area contributed by atoms with E-state index in [9.17, 15) is 14.4 Å². The molecule has 0 N–H and O–H groups in total. The molecule has 1 aliphatic rings. The summed E-state index contributed by atoms with van der Waals surface area (Å²) in [7, 11) is 2.61. The normalized spacial score (nSPS) is 15.5. The standard InChI is InChI=1S/C18H25Cl2NO5/c1-11-13(15(24)17(26-5)16(25-4)14(11)23)18(2,3)10-12(22)21(8-6-19)9-7-20/h6-10H2,1-5H3. The van der Waals surface area contributed by atoms with Gasteiger partial charge in [0.15, 0.2) is 0 Å². The van der Waals surface area contributed by atoms with E-state index in [1.54, 1.807) is 25.7 Å². The van der Waals surface area contributed by atoms with Crippen LogP contribution in [0.5, 0.6) is 0 Å². The zero-order valence-corrected chi connectivity index (χ0v) is 17.3. The molecule has 0 unspecified atom stereocenters. The van der Waals surface area contributed by atoms with Gasteiger partial charge in [-0.05, 0) is 6.92 Å². The van der Waals surface area contributed by atoms with Gasteiger partial charge in [0, 0.05) is 47.8 Å². The van der Waals surface area contributed by atoms with Gasteiger partial charge in [-0.3, -0.25) is 14.4 Å². The third-order valence-corrected chi connectivity index (χ3v) is 4.64. The molecule has 0 fully saturated rings. The van der Waals surface area contributed by atoms with E-state index >= 15 is 0 Å². The molecule has 146 valence electrons. The molecule has 0 heterocycles. The van der Waals surface area contributed by atoms with E-state index in [-0.39, 0.29) is 46.8 Å². The second-order valence-corrected chi connectivity index (χ2v) is 7.30. The number of nitrogens with zero attached hydrogens (tertiary/aromatic N) is 1. The van der Waals surface area contributed by atoms with E-state index in [2.05, 4.69) is 0 Å². The van der Waals surface area contributed by atoms with Crippen LogP contribution in [0.3, 0.4) is 0 Å². The summed E-state index contributed by atoms with van der Waals surface area (Å²) in [4.78, 5) is 39.7. The van der Waals surface area contributed by atoms with E-state index < -0.39 is 17.0 Å². The molecule has 1 amide bonds. The molecule has 1 rings (SSSR count). The third kappa shape index (κ3) is 4.60. The fraction of sp³-hybridized carbons (Fsp3) is 0.611. The van der Waals surface area contributed by atoms with E-state index in [1.807, 2.05) is 0 Å². The summed E-state index contributed by atoms with van der Waals surface area (Å²) in [6, 6.07) is 0. The summed E-state index contributed by atoms with van der Waals surface area (Å²) in [6.45, 7) is 5.79. The van der Waals surface area contributed by atoms with Crippen molar-refractivity contribution in [1.29, 1.82) is 0 Å². The van der Waals surface area contributed by atoms with Crippen LogP contribution in [-0.4, -0.2) is 61.4 Å². The van der Waals surface area contributed by atoms with Gasteiger partial charge in [0.05, 0.1) is 14.2 Å².